The Labute approximate surface area is 121 Å². The van der Waals surface area contributed by atoms with Crippen LogP contribution in [-0.2, 0) is 0 Å². The molecule has 3 nitrogen and oxygen atoms in total. The summed E-state index contributed by atoms with van der Waals surface area (Å²) in [4.78, 5) is 8.55. The first-order valence-electron chi connectivity index (χ1n) is 7.27. The van der Waals surface area contributed by atoms with Crippen molar-refractivity contribution in [1.82, 2.24) is 9.97 Å². The van der Waals surface area contributed by atoms with Crippen molar-refractivity contribution in [3.05, 3.63) is 54.0 Å². The molecule has 2 rings (SSSR count). The van der Waals surface area contributed by atoms with Crippen molar-refractivity contribution in [2.24, 2.45) is 0 Å². The van der Waals surface area contributed by atoms with Crippen molar-refractivity contribution in [3.63, 3.8) is 0 Å². The standard InChI is InChI=1S/C17H23N3/c1-13(2)16-11-17(20-12-19-16)18-10-9-14(3)15-7-5-4-6-8-15/h4-8,11-14H,9-10H2,1-3H3,(H,18,19,20). The average molecular weight is 269 g/mol. The van der Waals surface area contributed by atoms with E-state index in [4.69, 9.17) is 0 Å². The lowest BCUT2D eigenvalue weighted by Crippen LogP contribution is -2.08. The third kappa shape index (κ3) is 4.05. The summed E-state index contributed by atoms with van der Waals surface area (Å²) in [5.41, 5.74) is 2.47. The van der Waals surface area contributed by atoms with Crippen LogP contribution in [0.1, 0.15) is 50.3 Å². The molecule has 0 saturated carbocycles. The van der Waals surface area contributed by atoms with E-state index >= 15 is 0 Å². The molecule has 2 aromatic rings. The van der Waals surface area contributed by atoms with Crippen molar-refractivity contribution < 1.29 is 0 Å². The van der Waals surface area contributed by atoms with Crippen LogP contribution in [0.2, 0.25) is 0 Å². The highest BCUT2D eigenvalue weighted by atomic mass is 15.0. The van der Waals surface area contributed by atoms with E-state index in [1.165, 1.54) is 5.56 Å². The second-order valence-electron chi connectivity index (χ2n) is 5.51. The van der Waals surface area contributed by atoms with Gasteiger partial charge in [-0.05, 0) is 23.8 Å². The molecular formula is C17H23N3. The summed E-state index contributed by atoms with van der Waals surface area (Å²) in [5.74, 6) is 1.90. The van der Waals surface area contributed by atoms with Crippen LogP contribution in [0, 0.1) is 0 Å². The Kier molecular flexibility index (Phi) is 5.10. The highest BCUT2D eigenvalue weighted by Gasteiger charge is 2.06. The first-order valence-corrected chi connectivity index (χ1v) is 7.27. The Hall–Kier alpha value is -1.90. The van der Waals surface area contributed by atoms with Crippen LogP contribution in [0.5, 0.6) is 0 Å². The van der Waals surface area contributed by atoms with Crippen LogP contribution in [0.3, 0.4) is 0 Å². The Morgan fingerprint density at radius 1 is 1.05 bits per heavy atom. The van der Waals surface area contributed by atoms with E-state index < -0.39 is 0 Å². The Balaban J connectivity index is 1.85. The van der Waals surface area contributed by atoms with Crippen LogP contribution < -0.4 is 5.32 Å². The highest BCUT2D eigenvalue weighted by molar-refractivity contribution is 5.35. The zero-order valence-corrected chi connectivity index (χ0v) is 12.5. The Bertz CT molecular complexity index is 523. The first-order chi connectivity index (χ1) is 9.66. The zero-order valence-electron chi connectivity index (χ0n) is 12.5. The number of hydrogen-bond acceptors (Lipinski definition) is 3. The van der Waals surface area contributed by atoms with Crippen LogP contribution in [-0.4, -0.2) is 16.5 Å². The van der Waals surface area contributed by atoms with Gasteiger partial charge in [-0.3, -0.25) is 0 Å². The van der Waals surface area contributed by atoms with E-state index in [-0.39, 0.29) is 0 Å². The Morgan fingerprint density at radius 3 is 2.50 bits per heavy atom. The van der Waals surface area contributed by atoms with Gasteiger partial charge in [-0.2, -0.15) is 0 Å². The number of aromatic nitrogens is 2. The number of benzene rings is 1. The van der Waals surface area contributed by atoms with Gasteiger partial charge < -0.3 is 5.32 Å². The molecule has 1 heterocycles. The summed E-state index contributed by atoms with van der Waals surface area (Å²) in [6, 6.07) is 12.7. The Morgan fingerprint density at radius 2 is 1.80 bits per heavy atom. The summed E-state index contributed by atoms with van der Waals surface area (Å²) in [5, 5.41) is 3.39. The summed E-state index contributed by atoms with van der Waals surface area (Å²) < 4.78 is 0. The van der Waals surface area contributed by atoms with Gasteiger partial charge in [-0.25, -0.2) is 9.97 Å². The number of nitrogens with zero attached hydrogens (tertiary/aromatic N) is 2. The minimum Gasteiger partial charge on any atom is -0.370 e. The molecule has 20 heavy (non-hydrogen) atoms. The molecule has 0 fully saturated rings. The van der Waals surface area contributed by atoms with Crippen molar-refractivity contribution in [3.8, 4) is 0 Å². The van der Waals surface area contributed by atoms with Gasteiger partial charge in [0.05, 0.1) is 0 Å². The van der Waals surface area contributed by atoms with Crippen LogP contribution in [0.4, 0.5) is 5.82 Å². The summed E-state index contributed by atoms with van der Waals surface area (Å²) >= 11 is 0. The largest absolute Gasteiger partial charge is 0.370 e. The fourth-order valence-corrected chi connectivity index (χ4v) is 2.15. The van der Waals surface area contributed by atoms with E-state index in [2.05, 4.69) is 66.4 Å². The van der Waals surface area contributed by atoms with E-state index in [1.54, 1.807) is 6.33 Å². The molecule has 0 aliphatic carbocycles. The normalized spacial score (nSPS) is 12.4. The first kappa shape index (κ1) is 14.5. The predicted molar refractivity (Wildman–Crippen MR) is 84.1 cm³/mol. The number of rotatable bonds is 6. The molecule has 1 atom stereocenters. The maximum absolute atomic E-state index is 4.28. The molecule has 0 radical (unpaired) electrons. The molecule has 0 spiro atoms. The van der Waals surface area contributed by atoms with Crippen LogP contribution >= 0.6 is 0 Å². The molecule has 0 saturated heterocycles. The fraction of sp³-hybridized carbons (Fsp3) is 0.412. The van der Waals surface area contributed by atoms with E-state index in [0.717, 1.165) is 24.5 Å². The lowest BCUT2D eigenvalue weighted by molar-refractivity contribution is 0.704. The van der Waals surface area contributed by atoms with Crippen LogP contribution in [0.15, 0.2) is 42.7 Å². The van der Waals surface area contributed by atoms with Gasteiger partial charge in [0.15, 0.2) is 0 Å². The maximum Gasteiger partial charge on any atom is 0.129 e. The third-order valence-electron chi connectivity index (χ3n) is 3.53. The lowest BCUT2D eigenvalue weighted by atomic mass is 9.98. The quantitative estimate of drug-likeness (QED) is 0.853. The zero-order chi connectivity index (χ0) is 14.4. The van der Waals surface area contributed by atoms with Gasteiger partial charge in [0.1, 0.15) is 12.1 Å². The third-order valence-corrected chi connectivity index (χ3v) is 3.53. The maximum atomic E-state index is 4.28. The van der Waals surface area contributed by atoms with Gasteiger partial charge in [0, 0.05) is 18.3 Å². The molecule has 0 aliphatic rings. The molecule has 1 aromatic carbocycles. The number of nitrogens with one attached hydrogen (secondary N) is 1. The smallest absolute Gasteiger partial charge is 0.129 e. The SMILES string of the molecule is CC(C)c1cc(NCCC(C)c2ccccc2)ncn1. The van der Waals surface area contributed by atoms with E-state index in [1.807, 2.05) is 6.07 Å². The van der Waals surface area contributed by atoms with Crippen molar-refractivity contribution in [1.29, 1.82) is 0 Å². The summed E-state index contributed by atoms with van der Waals surface area (Å²) in [7, 11) is 0. The second-order valence-corrected chi connectivity index (χ2v) is 5.51. The van der Waals surface area contributed by atoms with Gasteiger partial charge in [0.25, 0.3) is 0 Å². The molecule has 0 amide bonds. The lowest BCUT2D eigenvalue weighted by Gasteiger charge is -2.13. The fourth-order valence-electron chi connectivity index (χ4n) is 2.15. The second kappa shape index (κ2) is 7.04. The molecule has 1 aromatic heterocycles. The molecule has 1 N–H and O–H groups in total. The minimum absolute atomic E-state index is 0.432. The highest BCUT2D eigenvalue weighted by Crippen LogP contribution is 2.19. The molecular weight excluding hydrogens is 246 g/mol. The topological polar surface area (TPSA) is 37.8 Å². The monoisotopic (exact) mass is 269 g/mol. The molecule has 3 heteroatoms. The minimum atomic E-state index is 0.432. The summed E-state index contributed by atoms with van der Waals surface area (Å²) in [6.07, 6.45) is 2.73. The van der Waals surface area contributed by atoms with Crippen LogP contribution in [0.25, 0.3) is 0 Å². The van der Waals surface area contributed by atoms with Gasteiger partial charge in [-0.15, -0.1) is 0 Å². The van der Waals surface area contributed by atoms with E-state index in [9.17, 15) is 0 Å². The molecule has 1 unspecified atom stereocenters. The van der Waals surface area contributed by atoms with Gasteiger partial charge >= 0.3 is 0 Å². The van der Waals surface area contributed by atoms with Crippen molar-refractivity contribution in [2.75, 3.05) is 11.9 Å². The number of anilines is 1. The molecule has 0 aliphatic heterocycles. The number of hydrogen-bond donors (Lipinski definition) is 1. The van der Waals surface area contributed by atoms with E-state index in [0.29, 0.717) is 11.8 Å². The molecule has 106 valence electrons. The van der Waals surface area contributed by atoms with Crippen molar-refractivity contribution in [2.45, 2.75) is 39.0 Å². The predicted octanol–water partition coefficient (Wildman–Crippen LogP) is 4.21. The summed E-state index contributed by atoms with van der Waals surface area (Å²) in [6.45, 7) is 7.47. The average Bonchev–Trinajstić information content (AvgIpc) is 2.48. The van der Waals surface area contributed by atoms with Gasteiger partial charge in [0.2, 0.25) is 0 Å². The van der Waals surface area contributed by atoms with Gasteiger partial charge in [-0.1, -0.05) is 51.1 Å². The van der Waals surface area contributed by atoms with Crippen molar-refractivity contribution >= 4 is 5.82 Å². The molecule has 0 bridgehead atoms.